The first kappa shape index (κ1) is 20.2. The minimum Gasteiger partial charge on any atom is -0.497 e. The molecule has 4 aromatic rings. The monoisotopic (exact) mass is 438 g/mol. The van der Waals surface area contributed by atoms with Gasteiger partial charge in [-0.1, -0.05) is 53.3 Å². The van der Waals surface area contributed by atoms with Crippen LogP contribution in [0.5, 0.6) is 11.5 Å². The van der Waals surface area contributed by atoms with E-state index in [4.69, 9.17) is 21.1 Å². The summed E-state index contributed by atoms with van der Waals surface area (Å²) in [6.07, 6.45) is 0. The molecule has 5 nitrogen and oxygen atoms in total. The van der Waals surface area contributed by atoms with Crippen LogP contribution < -0.4 is 14.4 Å². The molecule has 0 bridgehead atoms. The molecule has 0 unspecified atom stereocenters. The lowest BCUT2D eigenvalue weighted by Gasteiger charge is -2.20. The maximum absolute atomic E-state index is 13.1. The molecule has 0 aliphatic rings. The van der Waals surface area contributed by atoms with Gasteiger partial charge in [0, 0.05) is 5.02 Å². The molecule has 0 spiro atoms. The lowest BCUT2D eigenvalue weighted by atomic mass is 10.2. The van der Waals surface area contributed by atoms with Gasteiger partial charge in [-0.2, -0.15) is 0 Å². The molecule has 7 heteroatoms. The number of fused-ring (bicyclic) bond motifs is 1. The fourth-order valence-corrected chi connectivity index (χ4v) is 4.05. The van der Waals surface area contributed by atoms with Crippen molar-refractivity contribution in [1.29, 1.82) is 0 Å². The molecule has 0 aliphatic heterocycles. The summed E-state index contributed by atoms with van der Waals surface area (Å²) < 4.78 is 11.9. The molecule has 0 atom stereocenters. The first-order chi connectivity index (χ1) is 14.6. The zero-order chi connectivity index (χ0) is 20.9. The van der Waals surface area contributed by atoms with Gasteiger partial charge in [0.1, 0.15) is 11.5 Å². The number of ether oxygens (including phenoxy) is 2. The van der Waals surface area contributed by atoms with E-state index in [0.717, 1.165) is 21.5 Å². The molecule has 4 rings (SSSR count). The largest absolute Gasteiger partial charge is 0.497 e. The summed E-state index contributed by atoms with van der Waals surface area (Å²) in [7, 11) is 1.63. The number of anilines is 1. The van der Waals surface area contributed by atoms with E-state index in [1.807, 2.05) is 48.5 Å². The number of amides is 1. The van der Waals surface area contributed by atoms with Gasteiger partial charge in [-0.15, -0.1) is 0 Å². The predicted octanol–water partition coefficient (Wildman–Crippen LogP) is 5.57. The maximum atomic E-state index is 13.1. The van der Waals surface area contributed by atoms with Crippen molar-refractivity contribution in [1.82, 2.24) is 4.98 Å². The first-order valence-electron chi connectivity index (χ1n) is 9.29. The number of benzene rings is 3. The zero-order valence-corrected chi connectivity index (χ0v) is 17.8. The standard InChI is InChI=1S/C23H19ClN2O3S/c1-28-19-11-12-20-21(13-19)30-23(25-20)26(14-16-5-3-2-4-6-16)22(27)15-29-18-9-7-17(24)8-10-18/h2-13H,14-15H2,1H3. The van der Waals surface area contributed by atoms with E-state index in [1.54, 1.807) is 36.3 Å². The van der Waals surface area contributed by atoms with Gasteiger partial charge in [0.25, 0.3) is 5.91 Å². The zero-order valence-electron chi connectivity index (χ0n) is 16.2. The van der Waals surface area contributed by atoms with Gasteiger partial charge in [-0.05, 0) is 48.0 Å². The average Bonchev–Trinajstić information content (AvgIpc) is 3.20. The Morgan fingerprint density at radius 2 is 1.77 bits per heavy atom. The van der Waals surface area contributed by atoms with E-state index in [1.165, 1.54) is 11.3 Å². The number of carbonyl (C=O) groups is 1. The van der Waals surface area contributed by atoms with Crippen molar-refractivity contribution < 1.29 is 14.3 Å². The number of hydrogen-bond acceptors (Lipinski definition) is 5. The van der Waals surface area contributed by atoms with Crippen molar-refractivity contribution in [3.8, 4) is 11.5 Å². The number of aromatic nitrogens is 1. The Balaban J connectivity index is 1.60. The highest BCUT2D eigenvalue weighted by atomic mass is 35.5. The molecule has 1 heterocycles. The smallest absolute Gasteiger partial charge is 0.267 e. The summed E-state index contributed by atoms with van der Waals surface area (Å²) in [5.41, 5.74) is 1.83. The Kier molecular flexibility index (Phi) is 6.16. The molecule has 1 aromatic heterocycles. The lowest BCUT2D eigenvalue weighted by molar-refractivity contribution is -0.120. The molecule has 0 saturated heterocycles. The summed E-state index contributed by atoms with van der Waals surface area (Å²) >= 11 is 7.36. The maximum Gasteiger partial charge on any atom is 0.267 e. The van der Waals surface area contributed by atoms with Crippen LogP contribution in [0.3, 0.4) is 0 Å². The number of rotatable bonds is 7. The third kappa shape index (κ3) is 4.72. The first-order valence-corrected chi connectivity index (χ1v) is 10.5. The molecule has 1 amide bonds. The van der Waals surface area contributed by atoms with Crippen molar-refractivity contribution in [3.05, 3.63) is 83.4 Å². The molecule has 3 aromatic carbocycles. The second kappa shape index (κ2) is 9.15. The van der Waals surface area contributed by atoms with Gasteiger partial charge in [0.2, 0.25) is 0 Å². The van der Waals surface area contributed by atoms with E-state index in [2.05, 4.69) is 4.98 Å². The number of halogens is 1. The molecule has 30 heavy (non-hydrogen) atoms. The van der Waals surface area contributed by atoms with Crippen LogP contribution in [0.1, 0.15) is 5.56 Å². The van der Waals surface area contributed by atoms with Crippen molar-refractivity contribution >= 4 is 44.2 Å². The summed E-state index contributed by atoms with van der Waals surface area (Å²) in [6.45, 7) is 0.300. The summed E-state index contributed by atoms with van der Waals surface area (Å²) in [5.74, 6) is 1.16. The normalized spacial score (nSPS) is 10.7. The van der Waals surface area contributed by atoms with E-state index in [9.17, 15) is 4.79 Å². The van der Waals surface area contributed by atoms with E-state index < -0.39 is 0 Å². The molecule has 0 fully saturated rings. The summed E-state index contributed by atoms with van der Waals surface area (Å²) in [4.78, 5) is 19.4. The third-order valence-corrected chi connectivity index (χ3v) is 5.77. The summed E-state index contributed by atoms with van der Waals surface area (Å²) in [6, 6.07) is 22.4. The molecular formula is C23H19ClN2O3S. The van der Waals surface area contributed by atoms with E-state index in [0.29, 0.717) is 22.4 Å². The second-order valence-electron chi connectivity index (χ2n) is 6.54. The molecule has 0 aliphatic carbocycles. The van der Waals surface area contributed by atoms with E-state index >= 15 is 0 Å². The number of carbonyl (C=O) groups excluding carboxylic acids is 1. The molecule has 0 radical (unpaired) electrons. The number of thiazole rings is 1. The Morgan fingerprint density at radius 1 is 1.03 bits per heavy atom. The molecule has 152 valence electrons. The van der Waals surface area contributed by atoms with Gasteiger partial charge >= 0.3 is 0 Å². The highest BCUT2D eigenvalue weighted by molar-refractivity contribution is 7.22. The van der Waals surface area contributed by atoms with Gasteiger partial charge in [-0.25, -0.2) is 4.98 Å². The van der Waals surface area contributed by atoms with Crippen LogP contribution in [0.2, 0.25) is 5.02 Å². The van der Waals surface area contributed by atoms with E-state index in [-0.39, 0.29) is 12.5 Å². The van der Waals surface area contributed by atoms with Crippen molar-refractivity contribution in [3.63, 3.8) is 0 Å². The minimum atomic E-state index is -0.181. The third-order valence-electron chi connectivity index (χ3n) is 4.48. The van der Waals surface area contributed by atoms with Crippen molar-refractivity contribution in [2.45, 2.75) is 6.54 Å². The van der Waals surface area contributed by atoms with Gasteiger partial charge in [-0.3, -0.25) is 9.69 Å². The van der Waals surface area contributed by atoms with Gasteiger partial charge in [0.05, 0.1) is 23.9 Å². The van der Waals surface area contributed by atoms with Gasteiger partial charge < -0.3 is 9.47 Å². The van der Waals surface area contributed by atoms with Crippen LogP contribution in [-0.2, 0) is 11.3 Å². The number of hydrogen-bond donors (Lipinski definition) is 0. The van der Waals surface area contributed by atoms with Crippen molar-refractivity contribution in [2.75, 3.05) is 18.6 Å². The van der Waals surface area contributed by atoms with Crippen LogP contribution in [0, 0.1) is 0 Å². The molecule has 0 N–H and O–H groups in total. The fourth-order valence-electron chi connectivity index (χ4n) is 2.92. The van der Waals surface area contributed by atoms with Crippen LogP contribution in [0.15, 0.2) is 72.8 Å². The minimum absolute atomic E-state index is 0.103. The average molecular weight is 439 g/mol. The van der Waals surface area contributed by atoms with Crippen LogP contribution in [-0.4, -0.2) is 24.6 Å². The predicted molar refractivity (Wildman–Crippen MR) is 121 cm³/mol. The van der Waals surface area contributed by atoms with Crippen LogP contribution in [0.25, 0.3) is 10.2 Å². The Hall–Kier alpha value is -3.09. The topological polar surface area (TPSA) is 51.7 Å². The highest BCUT2D eigenvalue weighted by Gasteiger charge is 2.21. The molecular weight excluding hydrogens is 420 g/mol. The summed E-state index contributed by atoms with van der Waals surface area (Å²) in [5, 5.41) is 1.23. The van der Waals surface area contributed by atoms with Crippen molar-refractivity contribution in [2.24, 2.45) is 0 Å². The quantitative estimate of drug-likeness (QED) is 0.378. The SMILES string of the molecule is COc1ccc2nc(N(Cc3ccccc3)C(=O)COc3ccc(Cl)cc3)sc2c1. The fraction of sp³-hybridized carbons (Fsp3) is 0.130. The van der Waals surface area contributed by atoms with Gasteiger partial charge in [0.15, 0.2) is 11.7 Å². The van der Waals surface area contributed by atoms with Crippen LogP contribution >= 0.6 is 22.9 Å². The Bertz CT molecular complexity index is 1150. The highest BCUT2D eigenvalue weighted by Crippen LogP contribution is 2.32. The number of methoxy groups -OCH3 is 1. The number of nitrogens with zero attached hydrogens (tertiary/aromatic N) is 2. The Labute approximate surface area is 183 Å². The van der Waals surface area contributed by atoms with Crippen LogP contribution in [0.4, 0.5) is 5.13 Å². The lowest BCUT2D eigenvalue weighted by Crippen LogP contribution is -2.34. The second-order valence-corrected chi connectivity index (χ2v) is 7.98. The molecule has 0 saturated carbocycles. The Morgan fingerprint density at radius 3 is 2.50 bits per heavy atom.